The summed E-state index contributed by atoms with van der Waals surface area (Å²) in [4.78, 5) is 0. The second-order valence-corrected chi connectivity index (χ2v) is 0.344. The summed E-state index contributed by atoms with van der Waals surface area (Å²) < 4.78 is 17.0. The Morgan fingerprint density at radius 2 is 1.20 bits per heavy atom. The number of hydrogen-bond acceptors (Lipinski definition) is 2. The summed E-state index contributed by atoms with van der Waals surface area (Å²) in [5.41, 5.74) is 0. The fraction of sp³-hybridized carbons (Fsp3) is 0. The van der Waals surface area contributed by atoms with Crippen LogP contribution in [0.25, 0.3) is 0 Å². The molecule has 0 spiro atoms. The Labute approximate surface area is 58.8 Å². The summed E-state index contributed by atoms with van der Waals surface area (Å²) in [6.45, 7) is 0. The molecule has 0 saturated carbocycles. The fourth-order valence-electron chi connectivity index (χ4n) is 0. The van der Waals surface area contributed by atoms with Crippen molar-refractivity contribution in [2.24, 2.45) is 0 Å². The molecule has 0 saturated heterocycles. The van der Waals surface area contributed by atoms with Crippen molar-refractivity contribution in [1.82, 2.24) is 0 Å². The molecule has 0 aliphatic carbocycles. The zero-order valence-corrected chi connectivity index (χ0v) is 5.56. The van der Waals surface area contributed by atoms with Crippen LogP contribution in [0.5, 0.6) is 0 Å². The average Bonchev–Trinajstić information content (AvgIpc) is 0.918. The molecular formula is CoNiO2Ti. The summed E-state index contributed by atoms with van der Waals surface area (Å²) in [7, 11) is 0. The average molecular weight is 197 g/mol. The Balaban J connectivity index is -0.0000000200. The van der Waals surface area contributed by atoms with Gasteiger partial charge in [0.15, 0.2) is 0 Å². The maximum atomic E-state index is 8.50. The first-order valence-corrected chi connectivity index (χ1v) is 1.68. The van der Waals surface area contributed by atoms with Gasteiger partial charge in [-0.3, -0.25) is 0 Å². The molecule has 0 aliphatic rings. The Hall–Kier alpha value is 1.31. The number of hydrogen-bond donors (Lipinski definition) is 0. The molecule has 35 valence electrons. The van der Waals surface area contributed by atoms with E-state index in [1.807, 2.05) is 0 Å². The van der Waals surface area contributed by atoms with Crippen molar-refractivity contribution in [3.05, 3.63) is 0 Å². The molecule has 0 bridgehead atoms. The third-order valence-electron chi connectivity index (χ3n) is 0. The van der Waals surface area contributed by atoms with Gasteiger partial charge >= 0.3 is 25.7 Å². The molecule has 1 radical (unpaired) electrons. The monoisotopic (exact) mass is 197 g/mol. The Morgan fingerprint density at radius 3 is 1.20 bits per heavy atom. The van der Waals surface area contributed by atoms with Crippen LogP contribution in [0.2, 0.25) is 0 Å². The van der Waals surface area contributed by atoms with E-state index in [4.69, 9.17) is 6.65 Å². The molecule has 0 N–H and O–H groups in total. The molecule has 0 fully saturated rings. The predicted molar refractivity (Wildman–Crippen MR) is 1.37 cm³/mol. The van der Waals surface area contributed by atoms with Crippen molar-refractivity contribution < 1.29 is 59.0 Å². The molecule has 0 unspecified atom stereocenters. The van der Waals surface area contributed by atoms with Crippen LogP contribution in [0.1, 0.15) is 0 Å². The molecule has 0 amide bonds. The van der Waals surface area contributed by atoms with Gasteiger partial charge in [0.25, 0.3) is 0 Å². The molecule has 0 aromatic rings. The van der Waals surface area contributed by atoms with E-state index in [1.165, 1.54) is 0 Å². The van der Waals surface area contributed by atoms with E-state index >= 15 is 0 Å². The van der Waals surface area contributed by atoms with E-state index in [0.29, 0.717) is 0 Å². The van der Waals surface area contributed by atoms with Crippen LogP contribution in [0.4, 0.5) is 0 Å². The van der Waals surface area contributed by atoms with E-state index in [2.05, 4.69) is 0 Å². The van der Waals surface area contributed by atoms with E-state index < -0.39 is 19.1 Å². The van der Waals surface area contributed by atoms with Gasteiger partial charge in [0, 0.05) is 33.3 Å². The Bertz CT molecular complexity index is 30.6. The Morgan fingerprint density at radius 1 is 1.20 bits per heavy atom. The van der Waals surface area contributed by atoms with Crippen LogP contribution >= 0.6 is 0 Å². The predicted octanol–water partition coefficient (Wildman–Crippen LogP) is -0.245. The summed E-state index contributed by atoms with van der Waals surface area (Å²) in [6, 6.07) is 0. The van der Waals surface area contributed by atoms with Crippen LogP contribution in [0.15, 0.2) is 0 Å². The summed E-state index contributed by atoms with van der Waals surface area (Å²) in [5.74, 6) is 0. The fourth-order valence-corrected chi connectivity index (χ4v) is 0. The first-order valence-electron chi connectivity index (χ1n) is 0.408. The van der Waals surface area contributed by atoms with Crippen molar-refractivity contribution in [1.29, 1.82) is 0 Å². The molecule has 0 heterocycles. The summed E-state index contributed by atoms with van der Waals surface area (Å²) in [6.07, 6.45) is 0. The van der Waals surface area contributed by atoms with Crippen molar-refractivity contribution in [3.8, 4) is 0 Å². The van der Waals surface area contributed by atoms with Gasteiger partial charge in [0.2, 0.25) is 0 Å². The van der Waals surface area contributed by atoms with Crippen LogP contribution in [-0.4, -0.2) is 0 Å². The van der Waals surface area contributed by atoms with E-state index in [9.17, 15) is 0 Å². The van der Waals surface area contributed by atoms with Crippen LogP contribution in [0, 0.1) is 0 Å². The van der Waals surface area contributed by atoms with E-state index in [0.717, 1.165) is 0 Å². The van der Waals surface area contributed by atoms with Gasteiger partial charge in [-0.2, -0.15) is 0 Å². The topological polar surface area (TPSA) is 34.1 Å². The molecule has 0 aromatic carbocycles. The Kier molecular flexibility index (Phi) is 60.0. The molecule has 0 aliphatic heterocycles. The first kappa shape index (κ1) is 16.2. The molecule has 0 rings (SSSR count). The molecule has 2 nitrogen and oxygen atoms in total. The quantitative estimate of drug-likeness (QED) is 0.502. The first-order chi connectivity index (χ1) is 1.41. The third kappa shape index (κ3) is 33.8. The van der Waals surface area contributed by atoms with Gasteiger partial charge in [-0.25, -0.2) is 0 Å². The second kappa shape index (κ2) is 18.5. The molecule has 5 heteroatoms. The normalized spacial score (nSPS) is 1.60. The van der Waals surface area contributed by atoms with Gasteiger partial charge in [-0.05, 0) is 0 Å². The molecular weight excluding hydrogens is 197 g/mol. The van der Waals surface area contributed by atoms with Crippen molar-refractivity contribution in [2.75, 3.05) is 0 Å². The van der Waals surface area contributed by atoms with E-state index in [1.54, 1.807) is 0 Å². The van der Waals surface area contributed by atoms with Crippen LogP contribution in [0.3, 0.4) is 0 Å². The van der Waals surface area contributed by atoms with Gasteiger partial charge in [0.05, 0.1) is 0 Å². The van der Waals surface area contributed by atoms with Gasteiger partial charge in [-0.1, -0.05) is 0 Å². The van der Waals surface area contributed by atoms with Crippen LogP contribution < -0.4 is 0 Å². The number of rotatable bonds is 0. The van der Waals surface area contributed by atoms with Crippen molar-refractivity contribution >= 4 is 0 Å². The summed E-state index contributed by atoms with van der Waals surface area (Å²) >= 11 is -2.00. The zero-order valence-electron chi connectivity index (χ0n) is 1.97. The van der Waals surface area contributed by atoms with Gasteiger partial charge in [-0.15, -0.1) is 0 Å². The minimum absolute atomic E-state index is 0. The van der Waals surface area contributed by atoms with E-state index in [-0.39, 0.29) is 33.3 Å². The summed E-state index contributed by atoms with van der Waals surface area (Å²) in [5, 5.41) is 0. The SMILES string of the molecule is [Co].[Ni].[O]=[Ti]=[O]. The standard InChI is InChI=1S/Co.Ni.2O.Ti. The minimum atomic E-state index is -2.00. The molecule has 5 heavy (non-hydrogen) atoms. The van der Waals surface area contributed by atoms with Crippen LogP contribution in [-0.2, 0) is 59.0 Å². The third-order valence-corrected chi connectivity index (χ3v) is 0. The van der Waals surface area contributed by atoms with Crippen molar-refractivity contribution in [2.45, 2.75) is 0 Å². The van der Waals surface area contributed by atoms with Crippen molar-refractivity contribution in [3.63, 3.8) is 0 Å². The molecule has 0 aromatic heterocycles. The van der Waals surface area contributed by atoms with Gasteiger partial charge in [0.1, 0.15) is 0 Å². The zero-order chi connectivity index (χ0) is 2.71. The second-order valence-electron chi connectivity index (χ2n) is 0.0833. The molecule has 0 atom stereocenters. The van der Waals surface area contributed by atoms with Gasteiger partial charge < -0.3 is 0 Å². The maximum absolute atomic E-state index is 8.50.